The molecule has 8 nitrogen and oxygen atoms in total. The van der Waals surface area contributed by atoms with Crippen LogP contribution in [0.15, 0.2) is 42.5 Å². The number of halogens is 6. The molecule has 0 bridgehead atoms. The maximum absolute atomic E-state index is 14.3. The normalized spacial score (nSPS) is 17.8. The van der Waals surface area contributed by atoms with Crippen LogP contribution < -0.4 is 9.64 Å². The lowest BCUT2D eigenvalue weighted by molar-refractivity contribution is -0.143. The molecule has 0 aliphatic carbocycles. The Morgan fingerprint density at radius 3 is 2.16 bits per heavy atom. The Morgan fingerprint density at radius 1 is 0.956 bits per heavy atom. The van der Waals surface area contributed by atoms with Crippen LogP contribution in [0.1, 0.15) is 46.5 Å². The van der Waals surface area contributed by atoms with E-state index in [1.807, 2.05) is 24.0 Å². The van der Waals surface area contributed by atoms with Gasteiger partial charge in [-0.25, -0.2) is 4.98 Å². The van der Waals surface area contributed by atoms with Gasteiger partial charge in [0.2, 0.25) is 17.7 Å². The second kappa shape index (κ2) is 12.2. The van der Waals surface area contributed by atoms with Gasteiger partial charge in [0.05, 0.1) is 23.4 Å². The number of amides is 2. The predicted molar refractivity (Wildman–Crippen MR) is 153 cm³/mol. The van der Waals surface area contributed by atoms with Crippen LogP contribution >= 0.6 is 0 Å². The van der Waals surface area contributed by atoms with Gasteiger partial charge < -0.3 is 19.4 Å². The molecule has 14 heteroatoms. The lowest BCUT2D eigenvalue weighted by Crippen LogP contribution is -2.48. The fourth-order valence-electron chi connectivity index (χ4n) is 5.48. The first kappa shape index (κ1) is 32.0. The monoisotopic (exact) mass is 635 g/mol. The molecule has 2 aliphatic heterocycles. The zero-order chi connectivity index (χ0) is 32.7. The number of piperazine rings is 1. The van der Waals surface area contributed by atoms with E-state index in [2.05, 4.69) is 4.98 Å². The molecule has 2 aliphatic rings. The maximum Gasteiger partial charge on any atom is 0.416 e. The van der Waals surface area contributed by atoms with E-state index in [9.17, 15) is 35.9 Å². The molecular weight excluding hydrogens is 604 g/mol. The highest BCUT2D eigenvalue weighted by atomic mass is 19.4. The Kier molecular flexibility index (Phi) is 8.69. The average Bonchev–Trinajstić information content (AvgIpc) is 2.97. The summed E-state index contributed by atoms with van der Waals surface area (Å²) in [6.45, 7) is 6.37. The predicted octanol–water partition coefficient (Wildman–Crippen LogP) is 5.83. The number of aryl methyl sites for hydroxylation is 1. The third-order valence-electron chi connectivity index (χ3n) is 7.83. The molecular formula is C31H31F6N5O3. The lowest BCUT2D eigenvalue weighted by Gasteiger charge is -2.35. The summed E-state index contributed by atoms with van der Waals surface area (Å²) >= 11 is 0. The summed E-state index contributed by atoms with van der Waals surface area (Å²) in [7, 11) is 0. The van der Waals surface area contributed by atoms with Crippen LogP contribution in [-0.2, 0) is 23.7 Å². The van der Waals surface area contributed by atoms with Crippen LogP contribution in [0.4, 0.5) is 32.3 Å². The number of alkyl halides is 6. The highest BCUT2D eigenvalue weighted by Gasteiger charge is 2.38. The summed E-state index contributed by atoms with van der Waals surface area (Å²) in [6.07, 6.45) is -10.1. The second-order valence-corrected chi connectivity index (χ2v) is 11.4. The Bertz CT molecular complexity index is 1570. The molecule has 240 valence electrons. The molecule has 45 heavy (non-hydrogen) atoms. The molecule has 1 saturated heterocycles. The Labute approximate surface area is 255 Å². The summed E-state index contributed by atoms with van der Waals surface area (Å²) < 4.78 is 87.6. The van der Waals surface area contributed by atoms with E-state index in [4.69, 9.17) is 9.72 Å². The molecule has 0 N–H and O–H groups in total. The van der Waals surface area contributed by atoms with Crippen molar-refractivity contribution >= 4 is 17.8 Å². The van der Waals surface area contributed by atoms with Gasteiger partial charge in [0, 0.05) is 57.7 Å². The fraction of sp³-hybridized carbons (Fsp3) is 0.419. The van der Waals surface area contributed by atoms with Crippen LogP contribution in [0.25, 0.3) is 11.3 Å². The second-order valence-electron chi connectivity index (χ2n) is 11.4. The molecule has 3 aromatic rings. The molecule has 1 fully saturated rings. The van der Waals surface area contributed by atoms with Gasteiger partial charge >= 0.3 is 12.4 Å². The van der Waals surface area contributed by atoms with Gasteiger partial charge in [-0.3, -0.25) is 9.59 Å². The molecule has 0 unspecified atom stereocenters. The molecule has 0 radical (unpaired) electrons. The lowest BCUT2D eigenvalue weighted by atomic mass is 9.99. The van der Waals surface area contributed by atoms with Gasteiger partial charge in [0.25, 0.3) is 5.91 Å². The van der Waals surface area contributed by atoms with Gasteiger partial charge in [-0.15, -0.1) is 0 Å². The van der Waals surface area contributed by atoms with Crippen LogP contribution in [0.5, 0.6) is 5.88 Å². The van der Waals surface area contributed by atoms with Crippen molar-refractivity contribution in [2.75, 3.05) is 44.2 Å². The van der Waals surface area contributed by atoms with E-state index in [0.29, 0.717) is 43.9 Å². The largest absolute Gasteiger partial charge is 0.477 e. The topological polar surface area (TPSA) is 78.9 Å². The van der Waals surface area contributed by atoms with Crippen molar-refractivity contribution in [1.82, 2.24) is 19.8 Å². The van der Waals surface area contributed by atoms with Gasteiger partial charge in [0.15, 0.2) is 0 Å². The van der Waals surface area contributed by atoms with Crippen molar-refractivity contribution in [3.63, 3.8) is 0 Å². The van der Waals surface area contributed by atoms with E-state index in [0.717, 1.165) is 5.56 Å². The summed E-state index contributed by atoms with van der Waals surface area (Å²) in [4.78, 5) is 40.3. The van der Waals surface area contributed by atoms with Crippen molar-refractivity contribution in [2.24, 2.45) is 5.92 Å². The first-order valence-electron chi connectivity index (χ1n) is 14.3. The van der Waals surface area contributed by atoms with E-state index in [1.54, 1.807) is 24.0 Å². The molecule has 1 aromatic heterocycles. The zero-order valence-corrected chi connectivity index (χ0v) is 24.8. The number of carbonyl (C=O) groups is 2. The number of rotatable bonds is 4. The molecule has 0 spiro atoms. The van der Waals surface area contributed by atoms with Gasteiger partial charge in [0.1, 0.15) is 5.56 Å². The van der Waals surface area contributed by atoms with Crippen LogP contribution in [0.3, 0.4) is 0 Å². The standard InChI is InChI=1S/C31H31F6N5O3/c1-18-15-42(16-21-12-22(30(32,33)34)14-23(13-21)31(35,36)37)28(44)25-26(24-7-5-4-6-19(24)2)38-29(39-27(25)45-17-18)41-10-8-40(9-11-41)20(3)43/h4-7,12-14,18H,8-11,15-17H2,1-3H3/t18-/m1/s1. The first-order valence-corrected chi connectivity index (χ1v) is 14.3. The quantitative estimate of drug-likeness (QED) is 0.336. The molecule has 1 atom stereocenters. The van der Waals surface area contributed by atoms with Crippen molar-refractivity contribution in [3.05, 3.63) is 70.3 Å². The van der Waals surface area contributed by atoms with Gasteiger partial charge in [-0.2, -0.15) is 31.3 Å². The Balaban J connectivity index is 1.61. The van der Waals surface area contributed by atoms with Crippen molar-refractivity contribution in [3.8, 4) is 17.1 Å². The number of nitrogens with zero attached hydrogens (tertiary/aromatic N) is 5. The van der Waals surface area contributed by atoms with Gasteiger partial charge in [-0.05, 0) is 36.2 Å². The molecule has 3 heterocycles. The number of hydrogen-bond donors (Lipinski definition) is 0. The van der Waals surface area contributed by atoms with Crippen molar-refractivity contribution in [2.45, 2.75) is 39.7 Å². The highest BCUT2D eigenvalue weighted by Crippen LogP contribution is 2.38. The summed E-state index contributed by atoms with van der Waals surface area (Å²) in [5.74, 6) is -0.840. The van der Waals surface area contributed by atoms with E-state index < -0.39 is 35.9 Å². The minimum absolute atomic E-state index is 0.00214. The number of hydrogen-bond acceptors (Lipinski definition) is 6. The van der Waals surface area contributed by atoms with Crippen molar-refractivity contribution < 1.29 is 40.7 Å². The minimum atomic E-state index is -5.03. The number of aromatic nitrogens is 2. The third kappa shape index (κ3) is 6.99. The minimum Gasteiger partial charge on any atom is -0.477 e. The summed E-state index contributed by atoms with van der Waals surface area (Å²) in [5.41, 5.74) is -1.68. The van der Waals surface area contributed by atoms with Crippen LogP contribution in [0.2, 0.25) is 0 Å². The van der Waals surface area contributed by atoms with Crippen LogP contribution in [-0.4, -0.2) is 70.9 Å². The molecule has 0 saturated carbocycles. The first-order chi connectivity index (χ1) is 21.1. The SMILES string of the molecule is CC(=O)N1CCN(c2nc3c(c(-c4ccccc4C)n2)C(=O)N(Cc2cc(C(F)(F)F)cc(C(F)(F)F)c2)C[C@@H](C)CO3)CC1. The third-order valence-corrected chi connectivity index (χ3v) is 7.83. The molecule has 2 aromatic carbocycles. The highest BCUT2D eigenvalue weighted by molar-refractivity contribution is 6.02. The van der Waals surface area contributed by atoms with Gasteiger partial charge in [-0.1, -0.05) is 31.2 Å². The van der Waals surface area contributed by atoms with Crippen molar-refractivity contribution in [1.29, 1.82) is 0 Å². The summed E-state index contributed by atoms with van der Waals surface area (Å²) in [5, 5.41) is 0. The average molecular weight is 636 g/mol. The zero-order valence-electron chi connectivity index (χ0n) is 24.8. The number of fused-ring (bicyclic) bond motifs is 1. The smallest absolute Gasteiger partial charge is 0.416 e. The fourth-order valence-corrected chi connectivity index (χ4v) is 5.48. The maximum atomic E-state index is 14.3. The Morgan fingerprint density at radius 2 is 1.58 bits per heavy atom. The van der Waals surface area contributed by atoms with Crippen LogP contribution in [0, 0.1) is 12.8 Å². The number of ether oxygens (including phenoxy) is 1. The number of benzene rings is 2. The molecule has 5 rings (SSSR count). The Hall–Kier alpha value is -4.36. The van der Waals surface area contributed by atoms with E-state index >= 15 is 0 Å². The number of anilines is 1. The summed E-state index contributed by atoms with van der Waals surface area (Å²) in [6, 6.07) is 8.48. The van der Waals surface area contributed by atoms with E-state index in [1.165, 1.54) is 11.8 Å². The van der Waals surface area contributed by atoms with E-state index in [-0.39, 0.29) is 59.7 Å². The number of carbonyl (C=O) groups excluding carboxylic acids is 2. The molecule has 2 amide bonds.